The summed E-state index contributed by atoms with van der Waals surface area (Å²) in [5, 5.41) is 0. The fraction of sp³-hybridized carbons (Fsp3) is 1.00. The molecule has 5 heteroatoms. The molecule has 1 fully saturated rings. The van der Waals surface area contributed by atoms with Crippen molar-refractivity contribution in [2.75, 3.05) is 13.2 Å². The normalized spacial score (nSPS) is 21.2. The lowest BCUT2D eigenvalue weighted by molar-refractivity contribution is -0.138. The number of ether oxygens (including phenoxy) is 1. The molecule has 0 radical (unpaired) electrons. The molecule has 0 atom stereocenters. The average Bonchev–Trinajstić information content (AvgIpc) is 2.41. The number of halogens is 3. The van der Waals surface area contributed by atoms with Crippen LogP contribution in [0.15, 0.2) is 0 Å². The van der Waals surface area contributed by atoms with Crippen LogP contribution >= 0.6 is 0 Å². The smallest absolute Gasteiger partial charge is 0.380 e. The van der Waals surface area contributed by atoms with Gasteiger partial charge < -0.3 is 10.5 Å². The Morgan fingerprint density at radius 1 is 1.06 bits per heavy atom. The third-order valence-electron chi connectivity index (χ3n) is 3.24. The lowest BCUT2D eigenvalue weighted by Crippen LogP contribution is -2.44. The van der Waals surface area contributed by atoms with Crippen molar-refractivity contribution in [2.24, 2.45) is 5.73 Å². The zero-order valence-corrected chi connectivity index (χ0v) is 10.2. The summed E-state index contributed by atoms with van der Waals surface area (Å²) in [6.07, 6.45) is 1.62. The van der Waals surface area contributed by atoms with Crippen LogP contribution < -0.4 is 5.73 Å². The minimum Gasteiger partial charge on any atom is -0.380 e. The summed E-state index contributed by atoms with van der Waals surface area (Å²) >= 11 is 0. The van der Waals surface area contributed by atoms with E-state index >= 15 is 0 Å². The Kier molecular flexibility index (Phi) is 5.73. The molecule has 1 rings (SSSR count). The summed E-state index contributed by atoms with van der Waals surface area (Å²) in [7, 11) is 0. The monoisotopic (exact) mass is 253 g/mol. The van der Waals surface area contributed by atoms with Gasteiger partial charge in [-0.3, -0.25) is 0 Å². The third-order valence-corrected chi connectivity index (χ3v) is 3.24. The van der Waals surface area contributed by atoms with Crippen LogP contribution in [0, 0.1) is 0 Å². The third kappa shape index (κ3) is 6.88. The summed E-state index contributed by atoms with van der Waals surface area (Å²) < 4.78 is 41.0. The predicted molar refractivity (Wildman–Crippen MR) is 60.7 cm³/mol. The molecule has 17 heavy (non-hydrogen) atoms. The quantitative estimate of drug-likeness (QED) is 0.602. The van der Waals surface area contributed by atoms with Crippen molar-refractivity contribution in [2.45, 2.75) is 63.1 Å². The Morgan fingerprint density at radius 2 is 1.65 bits per heavy atom. The maximum absolute atomic E-state index is 11.9. The highest BCUT2D eigenvalue weighted by molar-refractivity contribution is 4.85. The minimum absolute atomic E-state index is 0.0274. The summed E-state index contributed by atoms with van der Waals surface area (Å²) in [5.41, 5.74) is 5.87. The molecule has 102 valence electrons. The summed E-state index contributed by atoms with van der Waals surface area (Å²) in [5.74, 6) is 0. The first-order chi connectivity index (χ1) is 7.91. The molecule has 0 spiro atoms. The minimum atomic E-state index is -4.08. The fourth-order valence-electron chi connectivity index (χ4n) is 2.23. The summed E-state index contributed by atoms with van der Waals surface area (Å²) in [6.45, 7) is 0.545. The van der Waals surface area contributed by atoms with Crippen LogP contribution in [0.4, 0.5) is 13.2 Å². The number of hydrogen-bond donors (Lipinski definition) is 1. The van der Waals surface area contributed by atoms with E-state index in [2.05, 4.69) is 0 Å². The van der Waals surface area contributed by atoms with E-state index in [1.54, 1.807) is 0 Å². The summed E-state index contributed by atoms with van der Waals surface area (Å²) in [4.78, 5) is 0. The zero-order valence-electron chi connectivity index (χ0n) is 10.2. The second kappa shape index (κ2) is 6.59. The molecule has 1 aliphatic carbocycles. The molecule has 0 aromatic rings. The van der Waals surface area contributed by atoms with Gasteiger partial charge in [-0.05, 0) is 19.3 Å². The van der Waals surface area contributed by atoms with Gasteiger partial charge in [-0.15, -0.1) is 0 Å². The highest BCUT2D eigenvalue weighted by Crippen LogP contribution is 2.25. The van der Waals surface area contributed by atoms with Gasteiger partial charge in [0, 0.05) is 18.6 Å². The van der Waals surface area contributed by atoms with Crippen molar-refractivity contribution in [1.82, 2.24) is 0 Å². The van der Waals surface area contributed by atoms with Crippen molar-refractivity contribution in [3.63, 3.8) is 0 Å². The van der Waals surface area contributed by atoms with Gasteiger partial charge in [0.2, 0.25) is 0 Å². The highest BCUT2D eigenvalue weighted by atomic mass is 19.4. The van der Waals surface area contributed by atoms with Crippen LogP contribution in [-0.2, 0) is 4.74 Å². The van der Waals surface area contributed by atoms with Gasteiger partial charge in [-0.1, -0.05) is 25.7 Å². The second-order valence-electron chi connectivity index (χ2n) is 5.05. The molecule has 0 amide bonds. The first-order valence-corrected chi connectivity index (χ1v) is 6.35. The first-order valence-electron chi connectivity index (χ1n) is 6.35. The van der Waals surface area contributed by atoms with E-state index in [0.717, 1.165) is 25.7 Å². The lowest BCUT2D eigenvalue weighted by Gasteiger charge is -2.27. The van der Waals surface area contributed by atoms with E-state index in [4.69, 9.17) is 10.5 Å². The Bertz CT molecular complexity index is 210. The van der Waals surface area contributed by atoms with Gasteiger partial charge in [0.15, 0.2) is 0 Å². The van der Waals surface area contributed by atoms with Crippen LogP contribution in [0.25, 0.3) is 0 Å². The van der Waals surface area contributed by atoms with Crippen LogP contribution in [-0.4, -0.2) is 24.9 Å². The summed E-state index contributed by atoms with van der Waals surface area (Å²) in [6, 6.07) is 0. The fourth-order valence-corrected chi connectivity index (χ4v) is 2.23. The molecule has 2 N–H and O–H groups in total. The number of rotatable bonds is 5. The SMILES string of the molecule is NC1(COCCCC(F)(F)F)CCCCCC1. The van der Waals surface area contributed by atoms with E-state index in [-0.39, 0.29) is 18.6 Å². The molecule has 0 heterocycles. The van der Waals surface area contributed by atoms with Gasteiger partial charge in [-0.2, -0.15) is 13.2 Å². The molecular weight excluding hydrogens is 231 g/mol. The van der Waals surface area contributed by atoms with Crippen LogP contribution in [0.3, 0.4) is 0 Å². The van der Waals surface area contributed by atoms with Crippen molar-refractivity contribution < 1.29 is 17.9 Å². The van der Waals surface area contributed by atoms with Gasteiger partial charge in [0.25, 0.3) is 0 Å². The average molecular weight is 253 g/mol. The molecule has 1 aliphatic rings. The van der Waals surface area contributed by atoms with Gasteiger partial charge in [0.05, 0.1) is 6.61 Å². The van der Waals surface area contributed by atoms with E-state index in [0.29, 0.717) is 6.61 Å². The van der Waals surface area contributed by atoms with Gasteiger partial charge in [0.1, 0.15) is 0 Å². The zero-order chi connectivity index (χ0) is 12.8. The molecule has 0 unspecified atom stereocenters. The molecular formula is C12H22F3NO. The highest BCUT2D eigenvalue weighted by Gasteiger charge is 2.28. The topological polar surface area (TPSA) is 35.2 Å². The predicted octanol–water partition coefficient (Wildman–Crippen LogP) is 3.40. The van der Waals surface area contributed by atoms with E-state index in [9.17, 15) is 13.2 Å². The van der Waals surface area contributed by atoms with E-state index in [1.165, 1.54) is 12.8 Å². The maximum atomic E-state index is 11.9. The largest absolute Gasteiger partial charge is 0.389 e. The van der Waals surface area contributed by atoms with Crippen LogP contribution in [0.5, 0.6) is 0 Å². The van der Waals surface area contributed by atoms with E-state index < -0.39 is 12.6 Å². The lowest BCUT2D eigenvalue weighted by atomic mass is 9.93. The van der Waals surface area contributed by atoms with E-state index in [1.807, 2.05) is 0 Å². The Labute approximate surface area is 101 Å². The molecule has 0 aromatic carbocycles. The van der Waals surface area contributed by atoms with Crippen molar-refractivity contribution >= 4 is 0 Å². The first kappa shape index (κ1) is 14.8. The molecule has 1 saturated carbocycles. The van der Waals surface area contributed by atoms with Crippen LogP contribution in [0.1, 0.15) is 51.4 Å². The Morgan fingerprint density at radius 3 is 2.18 bits per heavy atom. The maximum Gasteiger partial charge on any atom is 0.389 e. The van der Waals surface area contributed by atoms with Gasteiger partial charge in [-0.25, -0.2) is 0 Å². The van der Waals surface area contributed by atoms with Gasteiger partial charge >= 0.3 is 6.18 Å². The number of nitrogens with two attached hydrogens (primary N) is 1. The molecule has 0 aliphatic heterocycles. The second-order valence-corrected chi connectivity index (χ2v) is 5.05. The standard InChI is InChI=1S/C12H22F3NO/c13-12(14,15)8-5-9-17-10-11(16)6-3-1-2-4-7-11/h1-10,16H2. The Balaban J connectivity index is 2.12. The number of alkyl halides is 3. The van der Waals surface area contributed by atoms with Crippen LogP contribution in [0.2, 0.25) is 0 Å². The van der Waals surface area contributed by atoms with Crippen molar-refractivity contribution in [1.29, 1.82) is 0 Å². The van der Waals surface area contributed by atoms with Crippen molar-refractivity contribution in [3.8, 4) is 0 Å². The number of hydrogen-bond acceptors (Lipinski definition) is 2. The molecule has 0 saturated heterocycles. The van der Waals surface area contributed by atoms with Crippen molar-refractivity contribution in [3.05, 3.63) is 0 Å². The molecule has 2 nitrogen and oxygen atoms in total. The molecule has 0 aromatic heterocycles. The molecule has 0 bridgehead atoms. The Hall–Kier alpha value is -0.290.